The Balaban J connectivity index is 0.00000242. The maximum absolute atomic E-state index is 11.5. The number of nitrogens with one attached hydrogen (secondary N) is 1. The number of ether oxygens (including phenoxy) is 2. The third kappa shape index (κ3) is 4.91. The fourth-order valence-corrected chi connectivity index (χ4v) is 2.28. The molecule has 8 heteroatoms. The van der Waals surface area contributed by atoms with Crippen LogP contribution >= 0.6 is 24.0 Å². The number of fused-ring (bicyclic) bond motifs is 1. The van der Waals surface area contributed by atoms with Gasteiger partial charge in [0.15, 0.2) is 11.5 Å². The van der Waals surface area contributed by atoms with Crippen LogP contribution in [0.2, 0.25) is 5.02 Å². The van der Waals surface area contributed by atoms with Gasteiger partial charge in [0, 0.05) is 13.0 Å². The fraction of sp³-hybridized carbons (Fsp3) is 0.500. The van der Waals surface area contributed by atoms with E-state index in [1.165, 1.54) is 0 Å². The summed E-state index contributed by atoms with van der Waals surface area (Å²) in [5.74, 6) is 0.867. The molecule has 6 nitrogen and oxygen atoms in total. The van der Waals surface area contributed by atoms with Crippen molar-refractivity contribution in [3.8, 4) is 11.5 Å². The van der Waals surface area contributed by atoms with Crippen LogP contribution in [0.15, 0.2) is 12.1 Å². The molecule has 22 heavy (non-hydrogen) atoms. The molecule has 0 saturated heterocycles. The summed E-state index contributed by atoms with van der Waals surface area (Å²) >= 11 is 6.11. The lowest BCUT2D eigenvalue weighted by Crippen LogP contribution is -2.28. The standard InChI is InChI=1S/C14H19ClN2O4.ClH/c15-10-6-9(7-12-14(10)21-5-4-20-12)11(18)8-17-13(19)2-1-3-16;/h6-7,11,18H,1-5,8,16H2,(H,17,19);1H. The monoisotopic (exact) mass is 350 g/mol. The molecular formula is C14H20Cl2N2O4. The summed E-state index contributed by atoms with van der Waals surface area (Å²) in [5, 5.41) is 13.2. The summed E-state index contributed by atoms with van der Waals surface area (Å²) in [7, 11) is 0. The second kappa shape index (κ2) is 9.05. The van der Waals surface area contributed by atoms with Crippen LogP contribution in [0.4, 0.5) is 0 Å². The Bertz CT molecular complexity index is 514. The van der Waals surface area contributed by atoms with Gasteiger partial charge in [0.1, 0.15) is 13.2 Å². The van der Waals surface area contributed by atoms with Crippen LogP contribution < -0.4 is 20.5 Å². The van der Waals surface area contributed by atoms with E-state index >= 15 is 0 Å². The maximum Gasteiger partial charge on any atom is 0.220 e. The molecule has 4 N–H and O–H groups in total. The number of nitrogens with two attached hydrogens (primary N) is 1. The van der Waals surface area contributed by atoms with Crippen molar-refractivity contribution in [3.63, 3.8) is 0 Å². The lowest BCUT2D eigenvalue weighted by atomic mass is 10.1. The molecule has 1 amide bonds. The summed E-state index contributed by atoms with van der Waals surface area (Å²) in [5.41, 5.74) is 5.91. The molecule has 0 aromatic heterocycles. The van der Waals surface area contributed by atoms with Gasteiger partial charge in [-0.3, -0.25) is 4.79 Å². The topological polar surface area (TPSA) is 93.8 Å². The fourth-order valence-electron chi connectivity index (χ4n) is 2.00. The Morgan fingerprint density at radius 3 is 2.86 bits per heavy atom. The van der Waals surface area contributed by atoms with Crippen molar-refractivity contribution < 1.29 is 19.4 Å². The molecule has 124 valence electrons. The molecule has 0 bridgehead atoms. The van der Waals surface area contributed by atoms with Crippen LogP contribution in [0.3, 0.4) is 0 Å². The zero-order valence-corrected chi connectivity index (χ0v) is 13.6. The van der Waals surface area contributed by atoms with Gasteiger partial charge in [0.2, 0.25) is 5.91 Å². The molecule has 0 saturated carbocycles. The van der Waals surface area contributed by atoms with E-state index in [-0.39, 0.29) is 24.9 Å². The number of carbonyl (C=O) groups excluding carboxylic acids is 1. The van der Waals surface area contributed by atoms with Crippen LogP contribution in [0.5, 0.6) is 11.5 Å². The van der Waals surface area contributed by atoms with Crippen molar-refractivity contribution >= 4 is 29.9 Å². The summed E-state index contributed by atoms with van der Waals surface area (Å²) in [6, 6.07) is 3.29. The van der Waals surface area contributed by atoms with Gasteiger partial charge in [-0.05, 0) is 30.7 Å². The summed E-state index contributed by atoms with van der Waals surface area (Å²) in [6.07, 6.45) is 0.114. The normalized spacial score (nSPS) is 14.0. The molecule has 1 heterocycles. The number of benzene rings is 1. The molecule has 0 spiro atoms. The molecule has 1 aliphatic rings. The molecule has 1 aliphatic heterocycles. The van der Waals surface area contributed by atoms with Gasteiger partial charge < -0.3 is 25.6 Å². The van der Waals surface area contributed by atoms with Gasteiger partial charge in [-0.15, -0.1) is 12.4 Å². The minimum absolute atomic E-state index is 0. The summed E-state index contributed by atoms with van der Waals surface area (Å²) in [4.78, 5) is 11.5. The van der Waals surface area contributed by atoms with Crippen LogP contribution in [0.25, 0.3) is 0 Å². The number of carbonyl (C=O) groups is 1. The van der Waals surface area contributed by atoms with Crippen LogP contribution in [-0.4, -0.2) is 37.3 Å². The highest BCUT2D eigenvalue weighted by Gasteiger charge is 2.19. The number of halogens is 2. The zero-order valence-electron chi connectivity index (χ0n) is 12.0. The molecule has 1 atom stereocenters. The molecule has 1 unspecified atom stereocenters. The molecular weight excluding hydrogens is 331 g/mol. The highest BCUT2D eigenvalue weighted by Crippen LogP contribution is 2.39. The predicted molar refractivity (Wildman–Crippen MR) is 85.9 cm³/mol. The first-order valence-electron chi connectivity index (χ1n) is 6.85. The first-order chi connectivity index (χ1) is 10.1. The van der Waals surface area contributed by atoms with Crippen LogP contribution in [-0.2, 0) is 4.79 Å². The van der Waals surface area contributed by atoms with Crippen LogP contribution in [0.1, 0.15) is 24.5 Å². The smallest absolute Gasteiger partial charge is 0.220 e. The van der Waals surface area contributed by atoms with E-state index in [9.17, 15) is 9.90 Å². The maximum atomic E-state index is 11.5. The Kier molecular flexibility index (Phi) is 7.75. The second-order valence-corrected chi connectivity index (χ2v) is 5.15. The Morgan fingerprint density at radius 1 is 1.41 bits per heavy atom. The van der Waals surface area contributed by atoms with Crippen molar-refractivity contribution in [2.75, 3.05) is 26.3 Å². The minimum Gasteiger partial charge on any atom is -0.486 e. The zero-order chi connectivity index (χ0) is 15.2. The number of amides is 1. The van der Waals surface area contributed by atoms with Gasteiger partial charge in [-0.25, -0.2) is 0 Å². The molecule has 0 aliphatic carbocycles. The lowest BCUT2D eigenvalue weighted by molar-refractivity contribution is -0.121. The average Bonchev–Trinajstić information content (AvgIpc) is 2.50. The Hall–Kier alpha value is -1.21. The number of hydrogen-bond donors (Lipinski definition) is 3. The van der Waals surface area contributed by atoms with Crippen molar-refractivity contribution in [3.05, 3.63) is 22.7 Å². The minimum atomic E-state index is -0.861. The number of hydrogen-bond acceptors (Lipinski definition) is 5. The van der Waals surface area contributed by atoms with Crippen molar-refractivity contribution in [2.45, 2.75) is 18.9 Å². The van der Waals surface area contributed by atoms with E-state index in [0.717, 1.165) is 0 Å². The number of aliphatic hydroxyl groups is 1. The van der Waals surface area contributed by atoms with E-state index in [0.29, 0.717) is 54.7 Å². The van der Waals surface area contributed by atoms with Crippen LogP contribution in [0, 0.1) is 0 Å². The highest BCUT2D eigenvalue weighted by atomic mass is 35.5. The van der Waals surface area contributed by atoms with E-state index in [1.807, 2.05) is 0 Å². The first kappa shape index (κ1) is 18.8. The van der Waals surface area contributed by atoms with Gasteiger partial charge >= 0.3 is 0 Å². The molecule has 1 aromatic rings. The number of aliphatic hydroxyl groups excluding tert-OH is 1. The Labute approximate surface area is 140 Å². The molecule has 1 aromatic carbocycles. The van der Waals surface area contributed by atoms with Gasteiger partial charge in [0.25, 0.3) is 0 Å². The quantitative estimate of drug-likeness (QED) is 0.721. The first-order valence-corrected chi connectivity index (χ1v) is 7.23. The second-order valence-electron chi connectivity index (χ2n) is 4.74. The van der Waals surface area contributed by atoms with Gasteiger partial charge in [0.05, 0.1) is 11.1 Å². The highest BCUT2D eigenvalue weighted by molar-refractivity contribution is 6.32. The largest absolute Gasteiger partial charge is 0.486 e. The lowest BCUT2D eigenvalue weighted by Gasteiger charge is -2.21. The third-order valence-electron chi connectivity index (χ3n) is 3.10. The van der Waals surface area contributed by atoms with Crippen molar-refractivity contribution in [2.24, 2.45) is 5.73 Å². The van der Waals surface area contributed by atoms with Crippen molar-refractivity contribution in [1.29, 1.82) is 0 Å². The van der Waals surface area contributed by atoms with Crippen molar-refractivity contribution in [1.82, 2.24) is 5.32 Å². The molecule has 2 rings (SSSR count). The van der Waals surface area contributed by atoms with Gasteiger partial charge in [-0.2, -0.15) is 0 Å². The van der Waals surface area contributed by atoms with E-state index in [2.05, 4.69) is 5.32 Å². The Morgan fingerprint density at radius 2 is 2.14 bits per heavy atom. The predicted octanol–water partition coefficient (Wildman–Crippen LogP) is 1.42. The summed E-state index contributed by atoms with van der Waals surface area (Å²) in [6.45, 7) is 1.47. The number of rotatable bonds is 6. The average molecular weight is 351 g/mol. The van der Waals surface area contributed by atoms with E-state index in [4.69, 9.17) is 26.8 Å². The molecule has 0 fully saturated rings. The third-order valence-corrected chi connectivity index (χ3v) is 3.39. The SMILES string of the molecule is Cl.NCCCC(=O)NCC(O)c1cc(Cl)c2c(c1)OCCO2. The summed E-state index contributed by atoms with van der Waals surface area (Å²) < 4.78 is 10.9. The van der Waals surface area contributed by atoms with E-state index in [1.54, 1.807) is 12.1 Å². The van der Waals surface area contributed by atoms with Gasteiger partial charge in [-0.1, -0.05) is 11.6 Å². The van der Waals surface area contributed by atoms with E-state index < -0.39 is 6.10 Å². The molecule has 0 radical (unpaired) electrons.